The van der Waals surface area contributed by atoms with Crippen molar-refractivity contribution in [3.8, 4) is 0 Å². The molecule has 0 fully saturated rings. The minimum Gasteiger partial charge on any atom is -1.00 e. The molecule has 1 heterocycles. The SMILES string of the molecule is CCCCCCCCCC1=[N+](C)CCN1C.[Cl-]. The number of hydrogen-bond donors (Lipinski definition) is 0. The Morgan fingerprint density at radius 2 is 1.65 bits per heavy atom. The van der Waals surface area contributed by atoms with Crippen molar-refractivity contribution in [2.75, 3.05) is 27.2 Å². The summed E-state index contributed by atoms with van der Waals surface area (Å²) in [6.07, 6.45) is 11.1. The Bertz CT molecular complexity index is 226. The van der Waals surface area contributed by atoms with Gasteiger partial charge in [-0.2, -0.15) is 0 Å². The number of halogens is 1. The summed E-state index contributed by atoms with van der Waals surface area (Å²) in [4.78, 5) is 2.41. The van der Waals surface area contributed by atoms with Gasteiger partial charge >= 0.3 is 0 Å². The quantitative estimate of drug-likeness (QED) is 0.444. The third-order valence-corrected chi connectivity index (χ3v) is 3.66. The molecule has 0 bridgehead atoms. The maximum absolute atomic E-state index is 2.41. The molecule has 0 spiro atoms. The molecule has 1 aliphatic heterocycles. The minimum absolute atomic E-state index is 0. The van der Waals surface area contributed by atoms with Crippen LogP contribution in [0.25, 0.3) is 0 Å². The lowest BCUT2D eigenvalue weighted by molar-refractivity contribution is -0.487. The van der Waals surface area contributed by atoms with Crippen LogP contribution >= 0.6 is 0 Å². The van der Waals surface area contributed by atoms with Gasteiger partial charge in [-0.1, -0.05) is 45.4 Å². The van der Waals surface area contributed by atoms with Crippen LogP contribution < -0.4 is 12.4 Å². The molecule has 3 heteroatoms. The summed E-state index contributed by atoms with van der Waals surface area (Å²) in [7, 11) is 4.44. The van der Waals surface area contributed by atoms with E-state index in [9.17, 15) is 0 Å². The predicted octanol–water partition coefficient (Wildman–Crippen LogP) is 0.117. The molecule has 0 aliphatic carbocycles. The van der Waals surface area contributed by atoms with Gasteiger partial charge in [-0.25, -0.2) is 0 Å². The van der Waals surface area contributed by atoms with Crippen molar-refractivity contribution in [2.24, 2.45) is 0 Å². The predicted molar refractivity (Wildman–Crippen MR) is 71.3 cm³/mol. The van der Waals surface area contributed by atoms with Crippen LogP contribution in [0.1, 0.15) is 58.3 Å². The van der Waals surface area contributed by atoms with E-state index in [1.165, 1.54) is 64.5 Å². The average molecular weight is 261 g/mol. The van der Waals surface area contributed by atoms with Gasteiger partial charge in [0.05, 0.1) is 14.1 Å². The summed E-state index contributed by atoms with van der Waals surface area (Å²) in [6, 6.07) is 0. The van der Waals surface area contributed by atoms with E-state index in [-0.39, 0.29) is 12.4 Å². The molecule has 1 aliphatic rings. The molecule has 0 aromatic carbocycles. The van der Waals surface area contributed by atoms with E-state index in [2.05, 4.69) is 30.5 Å². The van der Waals surface area contributed by atoms with E-state index in [1.54, 1.807) is 5.84 Å². The summed E-state index contributed by atoms with van der Waals surface area (Å²) in [5, 5.41) is 0. The third-order valence-electron chi connectivity index (χ3n) is 3.66. The van der Waals surface area contributed by atoms with Crippen LogP contribution in [0.4, 0.5) is 0 Å². The topological polar surface area (TPSA) is 6.25 Å². The molecule has 0 saturated carbocycles. The number of rotatable bonds is 8. The fourth-order valence-electron chi connectivity index (χ4n) is 2.47. The number of amidine groups is 1. The Balaban J connectivity index is 0.00000256. The lowest BCUT2D eigenvalue weighted by atomic mass is 10.1. The second-order valence-corrected chi connectivity index (χ2v) is 5.13. The van der Waals surface area contributed by atoms with Gasteiger partial charge in [-0.3, -0.25) is 9.48 Å². The van der Waals surface area contributed by atoms with Gasteiger partial charge in [0.15, 0.2) is 0 Å². The summed E-state index contributed by atoms with van der Waals surface area (Å²) in [6.45, 7) is 4.70. The first-order valence-corrected chi connectivity index (χ1v) is 7.03. The van der Waals surface area contributed by atoms with E-state index in [0.29, 0.717) is 0 Å². The van der Waals surface area contributed by atoms with Crippen LogP contribution in [-0.2, 0) is 0 Å². The molecule has 0 saturated heterocycles. The molecular weight excluding hydrogens is 232 g/mol. The Hall–Kier alpha value is -0.240. The minimum atomic E-state index is 0. The highest BCUT2D eigenvalue weighted by Crippen LogP contribution is 2.10. The lowest BCUT2D eigenvalue weighted by Gasteiger charge is -2.06. The monoisotopic (exact) mass is 260 g/mol. The average Bonchev–Trinajstić information content (AvgIpc) is 2.59. The van der Waals surface area contributed by atoms with Gasteiger partial charge in [0.2, 0.25) is 5.84 Å². The van der Waals surface area contributed by atoms with E-state index < -0.39 is 0 Å². The van der Waals surface area contributed by atoms with Crippen LogP contribution in [0.5, 0.6) is 0 Å². The number of hydrogen-bond acceptors (Lipinski definition) is 1. The van der Waals surface area contributed by atoms with Crippen molar-refractivity contribution >= 4 is 5.84 Å². The molecular formula is C14H29ClN2. The van der Waals surface area contributed by atoms with Crippen molar-refractivity contribution < 1.29 is 17.0 Å². The number of nitrogens with zero attached hydrogens (tertiary/aromatic N) is 2. The van der Waals surface area contributed by atoms with Crippen molar-refractivity contribution in [3.05, 3.63) is 0 Å². The molecule has 1 rings (SSSR count). The van der Waals surface area contributed by atoms with Crippen LogP contribution in [0.15, 0.2) is 0 Å². The summed E-state index contributed by atoms with van der Waals surface area (Å²) >= 11 is 0. The van der Waals surface area contributed by atoms with Gasteiger partial charge in [-0.15, -0.1) is 0 Å². The zero-order valence-corrected chi connectivity index (χ0v) is 12.6. The molecule has 17 heavy (non-hydrogen) atoms. The molecule has 0 amide bonds. The third kappa shape index (κ3) is 6.30. The summed E-state index contributed by atoms with van der Waals surface area (Å²) in [5.41, 5.74) is 0. The van der Waals surface area contributed by atoms with Gasteiger partial charge < -0.3 is 12.4 Å². The van der Waals surface area contributed by atoms with Crippen LogP contribution in [0, 0.1) is 0 Å². The molecule has 2 nitrogen and oxygen atoms in total. The first-order chi connectivity index (χ1) is 7.75. The molecule has 0 atom stereocenters. The Morgan fingerprint density at radius 3 is 2.18 bits per heavy atom. The molecule has 0 aromatic rings. The van der Waals surface area contributed by atoms with Crippen molar-refractivity contribution in [2.45, 2.75) is 58.3 Å². The first-order valence-electron chi connectivity index (χ1n) is 7.03. The fraction of sp³-hybridized carbons (Fsp3) is 0.929. The van der Waals surface area contributed by atoms with E-state index >= 15 is 0 Å². The van der Waals surface area contributed by atoms with Crippen LogP contribution in [0.3, 0.4) is 0 Å². The van der Waals surface area contributed by atoms with Gasteiger partial charge in [-0.05, 0) is 6.42 Å². The maximum Gasteiger partial charge on any atom is 0.246 e. The largest absolute Gasteiger partial charge is 1.00 e. The first kappa shape index (κ1) is 16.8. The van der Waals surface area contributed by atoms with Crippen molar-refractivity contribution in [3.63, 3.8) is 0 Å². The normalized spacial score (nSPS) is 15.4. The van der Waals surface area contributed by atoms with Crippen LogP contribution in [0.2, 0.25) is 0 Å². The number of unbranched alkanes of at least 4 members (excludes halogenated alkanes) is 6. The van der Waals surface area contributed by atoms with E-state index in [1.807, 2.05) is 0 Å². The lowest BCUT2D eigenvalue weighted by Crippen LogP contribution is -3.00. The zero-order chi connectivity index (χ0) is 11.8. The van der Waals surface area contributed by atoms with Crippen LogP contribution in [-0.4, -0.2) is 42.5 Å². The molecule has 0 N–H and O–H groups in total. The van der Waals surface area contributed by atoms with Crippen molar-refractivity contribution in [1.82, 2.24) is 4.90 Å². The Morgan fingerprint density at radius 1 is 1.06 bits per heavy atom. The summed E-state index contributed by atoms with van der Waals surface area (Å²) in [5.74, 6) is 1.55. The highest BCUT2D eigenvalue weighted by molar-refractivity contribution is 5.78. The highest BCUT2D eigenvalue weighted by atomic mass is 35.5. The van der Waals surface area contributed by atoms with E-state index in [4.69, 9.17) is 0 Å². The zero-order valence-electron chi connectivity index (χ0n) is 11.8. The van der Waals surface area contributed by atoms with Gasteiger partial charge in [0, 0.05) is 6.42 Å². The molecule has 102 valence electrons. The van der Waals surface area contributed by atoms with Gasteiger partial charge in [0.1, 0.15) is 13.1 Å². The molecule has 0 unspecified atom stereocenters. The summed E-state index contributed by atoms with van der Waals surface area (Å²) < 4.78 is 2.41. The standard InChI is InChI=1S/C14H29N2.ClH/c1-4-5-6-7-8-9-10-11-14-15(2)12-13-16(14)3;/h4-13H2,1-3H3;1H/q+1;/p-1. The second-order valence-electron chi connectivity index (χ2n) is 5.13. The Labute approximate surface area is 113 Å². The fourth-order valence-corrected chi connectivity index (χ4v) is 2.47. The Kier molecular flexibility index (Phi) is 9.62. The second kappa shape index (κ2) is 9.76. The molecule has 0 aromatic heterocycles. The van der Waals surface area contributed by atoms with Crippen molar-refractivity contribution in [1.29, 1.82) is 0 Å². The van der Waals surface area contributed by atoms with Gasteiger partial charge in [0.25, 0.3) is 0 Å². The molecule has 0 radical (unpaired) electrons. The number of likely N-dealkylation sites (N-methyl/N-ethyl adjacent to an activating group) is 2. The van der Waals surface area contributed by atoms with E-state index in [0.717, 1.165) is 0 Å². The highest BCUT2D eigenvalue weighted by Gasteiger charge is 2.23. The smallest absolute Gasteiger partial charge is 0.246 e. The maximum atomic E-state index is 2.41.